The molecule has 2 heterocycles. The molecule has 0 spiro atoms. The molecule has 0 atom stereocenters. The Hall–Kier alpha value is -1.29. The third-order valence-corrected chi connectivity index (χ3v) is 4.66. The van der Waals surface area contributed by atoms with E-state index in [2.05, 4.69) is 16.4 Å². The van der Waals surface area contributed by atoms with E-state index in [1.54, 1.807) is 6.07 Å². The quantitative estimate of drug-likeness (QED) is 0.785. The zero-order valence-electron chi connectivity index (χ0n) is 14.1. The molecule has 22 heavy (non-hydrogen) atoms. The second-order valence-corrected chi connectivity index (χ2v) is 6.49. The van der Waals surface area contributed by atoms with Crippen molar-refractivity contribution in [3.8, 4) is 5.75 Å². The second kappa shape index (κ2) is 8.37. The van der Waals surface area contributed by atoms with E-state index < -0.39 is 0 Å². The fourth-order valence-corrected chi connectivity index (χ4v) is 3.32. The molecule has 1 aliphatic heterocycles. The van der Waals surface area contributed by atoms with Crippen LogP contribution >= 0.6 is 0 Å². The van der Waals surface area contributed by atoms with E-state index in [1.165, 1.54) is 38.5 Å². The lowest BCUT2D eigenvalue weighted by molar-refractivity contribution is 0.211. The minimum absolute atomic E-state index is 0.0494. The van der Waals surface area contributed by atoms with Gasteiger partial charge in [-0.25, -0.2) is 0 Å². The molecule has 1 aromatic heterocycles. The predicted octanol–water partition coefficient (Wildman–Crippen LogP) is 3.43. The number of likely N-dealkylation sites (tertiary alicyclic amines) is 1. The van der Waals surface area contributed by atoms with E-state index >= 15 is 0 Å². The van der Waals surface area contributed by atoms with Crippen molar-refractivity contribution in [3.63, 3.8) is 0 Å². The van der Waals surface area contributed by atoms with Crippen LogP contribution < -0.4 is 5.43 Å². The summed E-state index contributed by atoms with van der Waals surface area (Å²) >= 11 is 0. The van der Waals surface area contributed by atoms with Gasteiger partial charge < -0.3 is 9.67 Å². The summed E-state index contributed by atoms with van der Waals surface area (Å²) in [6.07, 6.45) is 8.48. The number of rotatable bonds is 7. The van der Waals surface area contributed by atoms with Crippen molar-refractivity contribution in [3.05, 3.63) is 27.7 Å². The number of hydrogen-bond donors (Lipinski definition) is 1. The van der Waals surface area contributed by atoms with Gasteiger partial charge in [-0.05, 0) is 39.3 Å². The van der Waals surface area contributed by atoms with Gasteiger partial charge in [-0.15, -0.1) is 0 Å². The second-order valence-electron chi connectivity index (χ2n) is 6.49. The smallest absolute Gasteiger partial charge is 0.223 e. The van der Waals surface area contributed by atoms with Gasteiger partial charge in [0.1, 0.15) is 0 Å². The molecule has 2 rings (SSSR count). The summed E-state index contributed by atoms with van der Waals surface area (Å²) in [6.45, 7) is 7.90. The molecule has 0 saturated carbocycles. The minimum Gasteiger partial charge on any atom is -0.503 e. The Labute approximate surface area is 133 Å². The Bertz CT molecular complexity index is 531. The van der Waals surface area contributed by atoms with Crippen LogP contribution in [-0.4, -0.2) is 27.7 Å². The molecule has 4 heteroatoms. The van der Waals surface area contributed by atoms with E-state index in [0.717, 1.165) is 37.4 Å². The first-order valence-corrected chi connectivity index (χ1v) is 8.78. The summed E-state index contributed by atoms with van der Waals surface area (Å²) in [6, 6.07) is 1.56. The fraction of sp³-hybridized carbons (Fsp3) is 0.722. The van der Waals surface area contributed by atoms with E-state index in [9.17, 15) is 9.90 Å². The Morgan fingerprint density at radius 1 is 1.14 bits per heavy atom. The molecule has 0 aliphatic carbocycles. The van der Waals surface area contributed by atoms with Gasteiger partial charge in [-0.3, -0.25) is 9.69 Å². The zero-order valence-corrected chi connectivity index (χ0v) is 14.1. The number of pyridine rings is 1. The third kappa shape index (κ3) is 4.35. The highest BCUT2D eigenvalue weighted by molar-refractivity contribution is 5.29. The summed E-state index contributed by atoms with van der Waals surface area (Å²) in [5.74, 6) is -0.0494. The van der Waals surface area contributed by atoms with E-state index in [0.29, 0.717) is 6.54 Å². The molecule has 0 amide bonds. The number of aryl methyl sites for hydroxylation is 1. The van der Waals surface area contributed by atoms with Gasteiger partial charge in [-0.2, -0.15) is 0 Å². The average molecular weight is 306 g/mol. The Kier molecular flexibility index (Phi) is 6.49. The number of hydrogen-bond acceptors (Lipinski definition) is 3. The monoisotopic (exact) mass is 306 g/mol. The lowest BCUT2D eigenvalue weighted by Gasteiger charge is -2.28. The van der Waals surface area contributed by atoms with Crippen molar-refractivity contribution in [2.45, 2.75) is 71.9 Å². The van der Waals surface area contributed by atoms with Crippen LogP contribution in [0.5, 0.6) is 5.75 Å². The van der Waals surface area contributed by atoms with Gasteiger partial charge in [0, 0.05) is 24.8 Å². The van der Waals surface area contributed by atoms with Crippen LogP contribution in [0.4, 0.5) is 0 Å². The van der Waals surface area contributed by atoms with Gasteiger partial charge >= 0.3 is 0 Å². The maximum absolute atomic E-state index is 11.9. The normalized spacial score (nSPS) is 16.1. The molecule has 1 aliphatic rings. The van der Waals surface area contributed by atoms with Crippen LogP contribution in [0.15, 0.2) is 10.9 Å². The number of aromatic nitrogens is 1. The maximum Gasteiger partial charge on any atom is 0.223 e. The highest BCUT2D eigenvalue weighted by atomic mass is 16.3. The van der Waals surface area contributed by atoms with Gasteiger partial charge in [0.25, 0.3) is 0 Å². The highest BCUT2D eigenvalue weighted by Crippen LogP contribution is 2.20. The van der Waals surface area contributed by atoms with E-state index in [1.807, 2.05) is 6.92 Å². The number of aromatic hydroxyl groups is 1. The van der Waals surface area contributed by atoms with E-state index in [-0.39, 0.29) is 11.2 Å². The molecule has 1 aromatic rings. The largest absolute Gasteiger partial charge is 0.503 e. The van der Waals surface area contributed by atoms with Crippen LogP contribution in [-0.2, 0) is 13.1 Å². The molecule has 0 aromatic carbocycles. The molecule has 124 valence electrons. The van der Waals surface area contributed by atoms with Gasteiger partial charge in [-0.1, -0.05) is 32.6 Å². The Balaban J connectivity index is 2.18. The SMILES string of the molecule is CCCCCCn1c(C)cc(=O)c(O)c1CN1CCCCC1. The summed E-state index contributed by atoms with van der Waals surface area (Å²) < 4.78 is 2.15. The Morgan fingerprint density at radius 3 is 2.55 bits per heavy atom. The van der Waals surface area contributed by atoms with Crippen LogP contribution in [0.25, 0.3) is 0 Å². The van der Waals surface area contributed by atoms with Crippen molar-refractivity contribution >= 4 is 0 Å². The summed E-state index contributed by atoms with van der Waals surface area (Å²) in [7, 11) is 0. The van der Waals surface area contributed by atoms with Gasteiger partial charge in [0.15, 0.2) is 5.75 Å². The zero-order chi connectivity index (χ0) is 15.9. The van der Waals surface area contributed by atoms with Crippen LogP contribution in [0, 0.1) is 6.92 Å². The fourth-order valence-electron chi connectivity index (χ4n) is 3.32. The van der Waals surface area contributed by atoms with E-state index in [4.69, 9.17) is 0 Å². The number of unbranched alkanes of at least 4 members (excludes halogenated alkanes) is 3. The van der Waals surface area contributed by atoms with Crippen LogP contribution in [0.3, 0.4) is 0 Å². The van der Waals surface area contributed by atoms with Crippen molar-refractivity contribution < 1.29 is 5.11 Å². The summed E-state index contributed by atoms with van der Waals surface area (Å²) in [5, 5.41) is 10.3. The maximum atomic E-state index is 11.9. The molecular formula is C18H30N2O2. The standard InChI is InChI=1S/C18H30N2O2/c1-3-4-5-9-12-20-15(2)13-17(21)18(22)16(20)14-19-10-7-6-8-11-19/h13,22H,3-12,14H2,1-2H3. The molecule has 1 saturated heterocycles. The molecule has 1 fully saturated rings. The lowest BCUT2D eigenvalue weighted by Crippen LogP contribution is -2.31. The first kappa shape index (κ1) is 17.1. The first-order valence-electron chi connectivity index (χ1n) is 8.78. The topological polar surface area (TPSA) is 45.5 Å². The van der Waals surface area contributed by atoms with Crippen molar-refractivity contribution in [1.82, 2.24) is 9.47 Å². The van der Waals surface area contributed by atoms with Crippen molar-refractivity contribution in [2.24, 2.45) is 0 Å². The molecule has 4 nitrogen and oxygen atoms in total. The Morgan fingerprint density at radius 2 is 1.86 bits per heavy atom. The van der Waals surface area contributed by atoms with Crippen LogP contribution in [0.1, 0.15) is 63.3 Å². The van der Waals surface area contributed by atoms with Crippen molar-refractivity contribution in [2.75, 3.05) is 13.1 Å². The summed E-state index contributed by atoms with van der Waals surface area (Å²) in [5.41, 5.74) is 1.53. The molecule has 0 radical (unpaired) electrons. The number of piperidine rings is 1. The first-order chi connectivity index (χ1) is 10.6. The molecule has 1 N–H and O–H groups in total. The predicted molar refractivity (Wildman–Crippen MR) is 90.4 cm³/mol. The lowest BCUT2D eigenvalue weighted by atomic mass is 10.1. The third-order valence-electron chi connectivity index (χ3n) is 4.66. The van der Waals surface area contributed by atoms with Gasteiger partial charge in [0.05, 0.1) is 5.69 Å². The van der Waals surface area contributed by atoms with Crippen LogP contribution in [0.2, 0.25) is 0 Å². The highest BCUT2D eigenvalue weighted by Gasteiger charge is 2.18. The van der Waals surface area contributed by atoms with Crippen molar-refractivity contribution in [1.29, 1.82) is 0 Å². The molecule has 0 unspecified atom stereocenters. The van der Waals surface area contributed by atoms with Gasteiger partial charge in [0.2, 0.25) is 5.43 Å². The minimum atomic E-state index is -0.241. The summed E-state index contributed by atoms with van der Waals surface area (Å²) in [4.78, 5) is 14.3. The number of nitrogens with zero attached hydrogens (tertiary/aromatic N) is 2. The molecule has 0 bridgehead atoms. The molecular weight excluding hydrogens is 276 g/mol. The average Bonchev–Trinajstić information content (AvgIpc) is 2.52.